The van der Waals surface area contributed by atoms with Crippen molar-refractivity contribution in [3.05, 3.63) is 82.3 Å². The highest BCUT2D eigenvalue weighted by molar-refractivity contribution is 9.11. The topological polar surface area (TPSA) is 26.3 Å². The minimum absolute atomic E-state index is 0.298. The lowest BCUT2D eigenvalue weighted by Gasteiger charge is -2.25. The Labute approximate surface area is 136 Å². The lowest BCUT2D eigenvalue weighted by atomic mass is 9.74. The minimum Gasteiger partial charge on any atom is -0.430 e. The molecule has 1 aliphatic heterocycles. The zero-order valence-corrected chi connectivity index (χ0v) is 13.3. The van der Waals surface area contributed by atoms with Gasteiger partial charge in [-0.15, -0.1) is 0 Å². The van der Waals surface area contributed by atoms with Gasteiger partial charge >= 0.3 is 5.97 Å². The van der Waals surface area contributed by atoms with Gasteiger partial charge in [-0.25, -0.2) is 4.39 Å². The van der Waals surface area contributed by atoms with Crippen LogP contribution in [-0.2, 0) is 21.4 Å². The Balaban J connectivity index is 2.06. The molecule has 1 saturated heterocycles. The van der Waals surface area contributed by atoms with E-state index in [0.29, 0.717) is 18.6 Å². The Kier molecular flexibility index (Phi) is 4.12. The molecule has 2 aromatic carbocycles. The molecule has 0 unspecified atom stereocenters. The molecule has 2 nitrogen and oxygen atoms in total. The Bertz CT molecular complexity index is 710. The van der Waals surface area contributed by atoms with Gasteiger partial charge in [-0.3, -0.25) is 4.79 Å². The summed E-state index contributed by atoms with van der Waals surface area (Å²) in [7, 11) is 0. The smallest absolute Gasteiger partial charge is 0.322 e. The predicted molar refractivity (Wildman–Crippen MR) is 85.9 cm³/mol. The molecule has 0 aromatic heterocycles. The summed E-state index contributed by atoms with van der Waals surface area (Å²) in [6.45, 7) is 0. The van der Waals surface area contributed by atoms with Crippen LogP contribution in [0.1, 0.15) is 17.5 Å². The number of allylic oxidation sites excluding steroid dienone is 1. The molecule has 1 fully saturated rings. The van der Waals surface area contributed by atoms with Crippen molar-refractivity contribution in [1.82, 2.24) is 0 Å². The predicted octanol–water partition coefficient (Wildman–Crippen LogP) is 4.49. The van der Waals surface area contributed by atoms with Gasteiger partial charge < -0.3 is 4.74 Å². The molecule has 0 aliphatic carbocycles. The summed E-state index contributed by atoms with van der Waals surface area (Å²) < 4.78 is 18.6. The number of ether oxygens (including phenoxy) is 1. The average Bonchev–Trinajstić information content (AvgIpc) is 2.86. The van der Waals surface area contributed by atoms with Crippen LogP contribution in [0.5, 0.6) is 0 Å². The van der Waals surface area contributed by atoms with Crippen molar-refractivity contribution < 1.29 is 13.9 Å². The highest BCUT2D eigenvalue weighted by Gasteiger charge is 2.48. The number of halogens is 2. The van der Waals surface area contributed by atoms with E-state index in [4.69, 9.17) is 4.74 Å². The van der Waals surface area contributed by atoms with Crippen molar-refractivity contribution in [2.24, 2.45) is 0 Å². The highest BCUT2D eigenvalue weighted by atomic mass is 79.9. The van der Waals surface area contributed by atoms with Crippen molar-refractivity contribution in [2.75, 3.05) is 0 Å². The molecule has 1 aliphatic rings. The van der Waals surface area contributed by atoms with E-state index in [2.05, 4.69) is 15.9 Å². The second-order valence-corrected chi connectivity index (χ2v) is 5.85. The fraction of sp³-hybridized carbons (Fsp3) is 0.167. The average molecular weight is 361 g/mol. The van der Waals surface area contributed by atoms with Gasteiger partial charge in [0.05, 0.1) is 0 Å². The molecule has 1 atom stereocenters. The van der Waals surface area contributed by atoms with Crippen molar-refractivity contribution in [2.45, 2.75) is 18.3 Å². The first-order chi connectivity index (χ1) is 10.6. The quantitative estimate of drug-likeness (QED) is 0.753. The lowest BCUT2D eigenvalue weighted by Crippen LogP contribution is -2.34. The number of carbonyl (C=O) groups is 1. The number of esters is 1. The zero-order chi connectivity index (χ0) is 15.6. The first-order valence-corrected chi connectivity index (χ1v) is 7.87. The summed E-state index contributed by atoms with van der Waals surface area (Å²) >= 11 is 3.23. The van der Waals surface area contributed by atoms with Gasteiger partial charge in [0.25, 0.3) is 0 Å². The normalized spacial score (nSPS) is 22.8. The maximum absolute atomic E-state index is 13.2. The standard InChI is InChI=1S/C18H14BrFO2/c19-12-16-11-18(17(21)22-16,10-13-4-2-1-3-5-13)14-6-8-15(20)9-7-14/h1-9,12H,10-11H2/b16-12-/t18-/m1/s1. The van der Waals surface area contributed by atoms with Crippen LogP contribution in [-0.4, -0.2) is 5.97 Å². The lowest BCUT2D eigenvalue weighted by molar-refractivity contribution is -0.140. The van der Waals surface area contributed by atoms with Gasteiger partial charge in [-0.2, -0.15) is 0 Å². The van der Waals surface area contributed by atoms with E-state index in [0.717, 1.165) is 11.1 Å². The van der Waals surface area contributed by atoms with E-state index in [-0.39, 0.29) is 11.8 Å². The summed E-state index contributed by atoms with van der Waals surface area (Å²) in [5.41, 5.74) is 1.00. The maximum atomic E-state index is 13.2. The van der Waals surface area contributed by atoms with Crippen molar-refractivity contribution in [3.63, 3.8) is 0 Å². The van der Waals surface area contributed by atoms with Gasteiger partial charge in [0.15, 0.2) is 0 Å². The van der Waals surface area contributed by atoms with Crippen LogP contribution in [0.3, 0.4) is 0 Å². The zero-order valence-electron chi connectivity index (χ0n) is 11.8. The van der Waals surface area contributed by atoms with Crippen LogP contribution in [0.4, 0.5) is 4.39 Å². The number of hydrogen-bond acceptors (Lipinski definition) is 2. The fourth-order valence-electron chi connectivity index (χ4n) is 2.85. The number of rotatable bonds is 3. The summed E-state index contributed by atoms with van der Waals surface area (Å²) in [6.07, 6.45) is 0.972. The number of hydrogen-bond donors (Lipinski definition) is 0. The van der Waals surface area contributed by atoms with E-state index in [9.17, 15) is 9.18 Å². The molecular formula is C18H14BrFO2. The van der Waals surface area contributed by atoms with Gasteiger partial charge in [-0.05, 0) is 29.7 Å². The van der Waals surface area contributed by atoms with Crippen molar-refractivity contribution in [1.29, 1.82) is 0 Å². The first kappa shape index (κ1) is 15.0. The Hall–Kier alpha value is -1.94. The van der Waals surface area contributed by atoms with Crippen molar-refractivity contribution in [3.8, 4) is 0 Å². The van der Waals surface area contributed by atoms with Crippen molar-refractivity contribution >= 4 is 21.9 Å². The number of benzene rings is 2. The van der Waals surface area contributed by atoms with E-state index in [1.54, 1.807) is 17.1 Å². The SMILES string of the molecule is O=C1O/C(=C\Br)C[C@]1(Cc1ccccc1)c1ccc(F)cc1. The van der Waals surface area contributed by atoms with Gasteiger partial charge in [-0.1, -0.05) is 58.4 Å². The van der Waals surface area contributed by atoms with Crippen LogP contribution in [0, 0.1) is 5.82 Å². The van der Waals surface area contributed by atoms with Gasteiger partial charge in [0.1, 0.15) is 17.0 Å². The Morgan fingerprint density at radius 1 is 1.14 bits per heavy atom. The third-order valence-corrected chi connectivity index (χ3v) is 4.47. The van der Waals surface area contributed by atoms with Crippen LogP contribution >= 0.6 is 15.9 Å². The summed E-state index contributed by atoms with van der Waals surface area (Å²) in [5, 5.41) is 0. The molecule has 2 aromatic rings. The van der Waals surface area contributed by atoms with Gasteiger partial charge in [0.2, 0.25) is 0 Å². The fourth-order valence-corrected chi connectivity index (χ4v) is 3.11. The van der Waals surface area contributed by atoms with E-state index < -0.39 is 5.41 Å². The first-order valence-electron chi connectivity index (χ1n) is 6.95. The van der Waals surface area contributed by atoms with E-state index in [1.807, 2.05) is 30.3 Å². The van der Waals surface area contributed by atoms with Crippen LogP contribution < -0.4 is 0 Å². The highest BCUT2D eigenvalue weighted by Crippen LogP contribution is 2.42. The molecule has 0 spiro atoms. The Morgan fingerprint density at radius 3 is 2.41 bits per heavy atom. The molecule has 3 rings (SSSR count). The largest absolute Gasteiger partial charge is 0.430 e. The van der Waals surface area contributed by atoms with Crippen LogP contribution in [0.2, 0.25) is 0 Å². The van der Waals surface area contributed by atoms with Gasteiger partial charge in [0, 0.05) is 11.4 Å². The third-order valence-electron chi connectivity index (χ3n) is 3.96. The minimum atomic E-state index is -0.811. The van der Waals surface area contributed by atoms with E-state index >= 15 is 0 Å². The molecule has 0 radical (unpaired) electrons. The maximum Gasteiger partial charge on any atom is 0.322 e. The molecule has 0 saturated carbocycles. The summed E-state index contributed by atoms with van der Waals surface area (Å²) in [6, 6.07) is 15.9. The molecule has 112 valence electrons. The number of cyclic esters (lactones) is 1. The molecule has 22 heavy (non-hydrogen) atoms. The molecule has 0 N–H and O–H groups in total. The van der Waals surface area contributed by atoms with Crippen LogP contribution in [0.15, 0.2) is 65.3 Å². The van der Waals surface area contributed by atoms with Crippen LogP contribution in [0.25, 0.3) is 0 Å². The molecule has 1 heterocycles. The monoisotopic (exact) mass is 360 g/mol. The summed E-state index contributed by atoms with van der Waals surface area (Å²) in [4.78, 5) is 14.2. The van der Waals surface area contributed by atoms with E-state index in [1.165, 1.54) is 12.1 Å². The second-order valence-electron chi connectivity index (χ2n) is 5.39. The third kappa shape index (κ3) is 2.71. The summed E-state index contributed by atoms with van der Waals surface area (Å²) in [5.74, 6) is -0.0276. The second kappa shape index (κ2) is 6.05. The Morgan fingerprint density at radius 2 is 1.82 bits per heavy atom. The molecule has 4 heteroatoms. The molecular weight excluding hydrogens is 347 g/mol. The molecule has 0 amide bonds. The molecule has 0 bridgehead atoms. The number of carbonyl (C=O) groups excluding carboxylic acids is 1.